The van der Waals surface area contributed by atoms with E-state index >= 15 is 0 Å². The third-order valence-corrected chi connectivity index (χ3v) is 3.39. The molecule has 0 bridgehead atoms. The predicted octanol–water partition coefficient (Wildman–Crippen LogP) is 3.60. The van der Waals surface area contributed by atoms with Crippen LogP contribution in [0, 0.1) is 0 Å². The summed E-state index contributed by atoms with van der Waals surface area (Å²) in [6, 6.07) is 8.54. The Balaban J connectivity index is 2.74. The fourth-order valence-electron chi connectivity index (χ4n) is 2.39. The lowest BCUT2D eigenvalue weighted by atomic mass is 9.93. The number of rotatable bonds is 3. The lowest BCUT2D eigenvalue weighted by molar-refractivity contribution is 0.436. The number of benzene rings is 2. The van der Waals surface area contributed by atoms with Gasteiger partial charge in [0, 0.05) is 16.7 Å². The molecule has 0 heterocycles. The van der Waals surface area contributed by atoms with E-state index < -0.39 is 0 Å². The lowest BCUT2D eigenvalue weighted by Gasteiger charge is -2.16. The van der Waals surface area contributed by atoms with E-state index in [9.17, 15) is 15.3 Å². The third kappa shape index (κ3) is 2.24. The standard InChI is InChI=1S/C16H18O3/c1-3-10-13(12-7-5-6-8-14(12)17)9-15(18)11(4-2)16(10)19/h5-9,17-19H,3-4H2,1-2H3. The first-order valence-electron chi connectivity index (χ1n) is 6.45. The van der Waals surface area contributed by atoms with Gasteiger partial charge in [-0.15, -0.1) is 0 Å². The van der Waals surface area contributed by atoms with Gasteiger partial charge in [0.05, 0.1) is 0 Å². The minimum Gasteiger partial charge on any atom is -0.508 e. The van der Waals surface area contributed by atoms with Gasteiger partial charge >= 0.3 is 0 Å². The molecule has 3 heteroatoms. The maximum Gasteiger partial charge on any atom is 0.126 e. The summed E-state index contributed by atoms with van der Waals surface area (Å²) in [5.41, 5.74) is 2.59. The molecule has 3 N–H and O–H groups in total. The van der Waals surface area contributed by atoms with E-state index in [0.717, 1.165) is 5.56 Å². The highest BCUT2D eigenvalue weighted by Crippen LogP contribution is 2.41. The van der Waals surface area contributed by atoms with Crippen LogP contribution in [0.15, 0.2) is 30.3 Å². The van der Waals surface area contributed by atoms with Gasteiger partial charge in [0.15, 0.2) is 0 Å². The van der Waals surface area contributed by atoms with Crippen LogP contribution >= 0.6 is 0 Å². The highest BCUT2D eigenvalue weighted by atomic mass is 16.3. The average molecular weight is 258 g/mol. The second-order valence-electron chi connectivity index (χ2n) is 4.47. The minimum absolute atomic E-state index is 0.0652. The van der Waals surface area contributed by atoms with Gasteiger partial charge in [-0.2, -0.15) is 0 Å². The molecule has 0 aliphatic heterocycles. The van der Waals surface area contributed by atoms with Crippen molar-refractivity contribution >= 4 is 0 Å². The molecule has 0 saturated carbocycles. The molecule has 0 spiro atoms. The van der Waals surface area contributed by atoms with E-state index in [1.54, 1.807) is 24.3 Å². The molecular weight excluding hydrogens is 240 g/mol. The SMILES string of the molecule is CCc1c(O)cc(-c2ccccc2O)c(CC)c1O. The Labute approximate surface area is 112 Å². The zero-order chi connectivity index (χ0) is 14.0. The van der Waals surface area contributed by atoms with Crippen molar-refractivity contribution in [2.24, 2.45) is 0 Å². The largest absolute Gasteiger partial charge is 0.508 e. The van der Waals surface area contributed by atoms with Crippen molar-refractivity contribution < 1.29 is 15.3 Å². The van der Waals surface area contributed by atoms with Gasteiger partial charge in [0.25, 0.3) is 0 Å². The molecule has 19 heavy (non-hydrogen) atoms. The summed E-state index contributed by atoms with van der Waals surface area (Å²) < 4.78 is 0. The first kappa shape index (κ1) is 13.3. The van der Waals surface area contributed by atoms with Gasteiger partial charge in [-0.1, -0.05) is 32.0 Å². The first-order chi connectivity index (χ1) is 9.10. The van der Waals surface area contributed by atoms with Crippen LogP contribution in [0.2, 0.25) is 0 Å². The Kier molecular flexibility index (Phi) is 3.65. The number of hydrogen-bond donors (Lipinski definition) is 3. The molecule has 2 aromatic rings. The van der Waals surface area contributed by atoms with E-state index in [0.29, 0.717) is 29.5 Å². The second-order valence-corrected chi connectivity index (χ2v) is 4.47. The molecule has 3 nitrogen and oxygen atoms in total. The molecule has 0 amide bonds. The summed E-state index contributed by atoms with van der Waals surface area (Å²) in [4.78, 5) is 0. The van der Waals surface area contributed by atoms with E-state index in [1.807, 2.05) is 19.9 Å². The summed E-state index contributed by atoms with van der Waals surface area (Å²) in [7, 11) is 0. The zero-order valence-corrected chi connectivity index (χ0v) is 11.1. The molecule has 0 radical (unpaired) electrons. The van der Waals surface area contributed by atoms with Gasteiger partial charge in [-0.3, -0.25) is 0 Å². The molecule has 0 aromatic heterocycles. The molecule has 0 saturated heterocycles. The van der Waals surface area contributed by atoms with Crippen molar-refractivity contribution in [1.29, 1.82) is 0 Å². The fraction of sp³-hybridized carbons (Fsp3) is 0.250. The van der Waals surface area contributed by atoms with Crippen molar-refractivity contribution in [3.8, 4) is 28.4 Å². The van der Waals surface area contributed by atoms with Gasteiger partial charge < -0.3 is 15.3 Å². The fourth-order valence-corrected chi connectivity index (χ4v) is 2.39. The molecule has 0 fully saturated rings. The summed E-state index contributed by atoms with van der Waals surface area (Å²) in [6.45, 7) is 3.82. The van der Waals surface area contributed by atoms with E-state index in [1.165, 1.54) is 0 Å². The van der Waals surface area contributed by atoms with E-state index in [-0.39, 0.29) is 17.2 Å². The van der Waals surface area contributed by atoms with Crippen LogP contribution in [0.1, 0.15) is 25.0 Å². The molecule has 2 rings (SSSR count). The molecular formula is C16H18O3. The highest BCUT2D eigenvalue weighted by molar-refractivity contribution is 5.77. The maximum atomic E-state index is 10.3. The third-order valence-electron chi connectivity index (χ3n) is 3.39. The van der Waals surface area contributed by atoms with E-state index in [4.69, 9.17) is 0 Å². The van der Waals surface area contributed by atoms with Gasteiger partial charge in [0.2, 0.25) is 0 Å². The van der Waals surface area contributed by atoms with Gasteiger partial charge in [-0.05, 0) is 30.5 Å². The summed E-state index contributed by atoms with van der Waals surface area (Å²) in [6.07, 6.45) is 1.19. The normalized spacial score (nSPS) is 10.6. The van der Waals surface area contributed by atoms with Crippen LogP contribution in [0.5, 0.6) is 17.2 Å². The van der Waals surface area contributed by atoms with Crippen LogP contribution < -0.4 is 0 Å². The molecule has 0 aliphatic rings. The van der Waals surface area contributed by atoms with Crippen LogP contribution in [0.3, 0.4) is 0 Å². The number of para-hydroxylation sites is 1. The van der Waals surface area contributed by atoms with Crippen molar-refractivity contribution in [1.82, 2.24) is 0 Å². The van der Waals surface area contributed by atoms with Crippen molar-refractivity contribution in [3.05, 3.63) is 41.5 Å². The Morgan fingerprint density at radius 2 is 1.42 bits per heavy atom. The quantitative estimate of drug-likeness (QED) is 0.788. The second kappa shape index (κ2) is 5.22. The number of hydrogen-bond acceptors (Lipinski definition) is 3. The predicted molar refractivity (Wildman–Crippen MR) is 75.6 cm³/mol. The van der Waals surface area contributed by atoms with Crippen molar-refractivity contribution in [3.63, 3.8) is 0 Å². The first-order valence-corrected chi connectivity index (χ1v) is 6.45. The van der Waals surface area contributed by atoms with Crippen LogP contribution in [0.4, 0.5) is 0 Å². The summed E-state index contributed by atoms with van der Waals surface area (Å²) in [5.74, 6) is 0.332. The van der Waals surface area contributed by atoms with Crippen molar-refractivity contribution in [2.45, 2.75) is 26.7 Å². The molecule has 100 valence electrons. The Bertz CT molecular complexity index is 603. The van der Waals surface area contributed by atoms with Gasteiger partial charge in [-0.25, -0.2) is 0 Å². The van der Waals surface area contributed by atoms with Crippen LogP contribution in [-0.2, 0) is 12.8 Å². The molecule has 0 unspecified atom stereocenters. The zero-order valence-electron chi connectivity index (χ0n) is 11.1. The van der Waals surface area contributed by atoms with E-state index in [2.05, 4.69) is 0 Å². The molecule has 2 aromatic carbocycles. The summed E-state index contributed by atoms with van der Waals surface area (Å²) in [5, 5.41) is 30.2. The Morgan fingerprint density at radius 3 is 2.00 bits per heavy atom. The number of phenolic OH excluding ortho intramolecular Hbond substituents is 3. The van der Waals surface area contributed by atoms with Crippen LogP contribution in [-0.4, -0.2) is 15.3 Å². The summed E-state index contributed by atoms with van der Waals surface area (Å²) >= 11 is 0. The minimum atomic E-state index is 0.0652. The monoisotopic (exact) mass is 258 g/mol. The highest BCUT2D eigenvalue weighted by Gasteiger charge is 2.17. The Morgan fingerprint density at radius 1 is 0.789 bits per heavy atom. The Hall–Kier alpha value is -2.16. The average Bonchev–Trinajstić information content (AvgIpc) is 2.39. The van der Waals surface area contributed by atoms with Crippen molar-refractivity contribution in [2.75, 3.05) is 0 Å². The topological polar surface area (TPSA) is 60.7 Å². The lowest BCUT2D eigenvalue weighted by Crippen LogP contribution is -1.94. The molecule has 0 aliphatic carbocycles. The number of phenols is 3. The molecule has 0 atom stereocenters. The smallest absolute Gasteiger partial charge is 0.126 e. The van der Waals surface area contributed by atoms with Gasteiger partial charge in [0.1, 0.15) is 17.2 Å². The maximum absolute atomic E-state index is 10.3. The number of aromatic hydroxyl groups is 3. The van der Waals surface area contributed by atoms with Crippen LogP contribution in [0.25, 0.3) is 11.1 Å².